The van der Waals surface area contributed by atoms with Gasteiger partial charge in [-0.05, 0) is 46.5 Å². The van der Waals surface area contributed by atoms with Gasteiger partial charge in [0, 0.05) is 12.0 Å². The van der Waals surface area contributed by atoms with Crippen LogP contribution in [0.4, 0.5) is 0 Å². The van der Waals surface area contributed by atoms with Gasteiger partial charge in [-0.15, -0.1) is 0 Å². The van der Waals surface area contributed by atoms with Crippen molar-refractivity contribution in [2.24, 2.45) is 17.8 Å². The van der Waals surface area contributed by atoms with Crippen LogP contribution < -0.4 is 4.74 Å². The second-order valence-corrected chi connectivity index (χ2v) is 7.84. The first-order valence-electron chi connectivity index (χ1n) is 8.08. The zero-order chi connectivity index (χ0) is 15.6. The Morgan fingerprint density at radius 1 is 1.19 bits per heavy atom. The van der Waals surface area contributed by atoms with Gasteiger partial charge in [-0.2, -0.15) is 4.98 Å². The van der Waals surface area contributed by atoms with Gasteiger partial charge < -0.3 is 4.74 Å². The third-order valence-corrected chi connectivity index (χ3v) is 4.84. The lowest BCUT2D eigenvalue weighted by atomic mass is 9.75. The summed E-state index contributed by atoms with van der Waals surface area (Å²) in [6, 6.07) is 1.89. The molecule has 0 spiro atoms. The number of hydrogen-bond acceptors (Lipinski definition) is 3. The van der Waals surface area contributed by atoms with Crippen molar-refractivity contribution in [2.75, 3.05) is 0 Å². The van der Waals surface area contributed by atoms with Crippen LogP contribution in [0.2, 0.25) is 0 Å². The predicted octanol–water partition coefficient (Wildman–Crippen LogP) is 5.20. The highest BCUT2D eigenvalue weighted by Crippen LogP contribution is 2.36. The molecule has 0 aromatic carbocycles. The van der Waals surface area contributed by atoms with Crippen LogP contribution in [0.15, 0.2) is 10.7 Å². The van der Waals surface area contributed by atoms with Crippen LogP contribution in [0.25, 0.3) is 0 Å². The zero-order valence-electron chi connectivity index (χ0n) is 13.8. The highest BCUT2D eigenvalue weighted by atomic mass is 79.9. The maximum atomic E-state index is 6.29. The monoisotopic (exact) mass is 354 g/mol. The minimum absolute atomic E-state index is 0.274. The summed E-state index contributed by atoms with van der Waals surface area (Å²) in [6.45, 7) is 11.1. The van der Waals surface area contributed by atoms with Crippen molar-refractivity contribution in [2.45, 2.75) is 65.9 Å². The van der Waals surface area contributed by atoms with Crippen LogP contribution in [-0.2, 0) is 0 Å². The second-order valence-electron chi connectivity index (χ2n) is 7.02. The number of hydrogen-bond donors (Lipinski definition) is 0. The van der Waals surface area contributed by atoms with Crippen LogP contribution in [0.5, 0.6) is 5.88 Å². The van der Waals surface area contributed by atoms with E-state index in [1.165, 1.54) is 12.8 Å². The molecule has 0 bridgehead atoms. The summed E-state index contributed by atoms with van der Waals surface area (Å²) in [7, 11) is 0. The Morgan fingerprint density at radius 2 is 1.90 bits per heavy atom. The van der Waals surface area contributed by atoms with E-state index < -0.39 is 0 Å². The van der Waals surface area contributed by atoms with Crippen LogP contribution in [0.3, 0.4) is 0 Å². The fourth-order valence-electron chi connectivity index (χ4n) is 3.14. The second kappa shape index (κ2) is 7.08. The Hall–Kier alpha value is -0.640. The smallest absolute Gasteiger partial charge is 0.218 e. The summed E-state index contributed by atoms with van der Waals surface area (Å²) in [5.74, 6) is 3.86. The first-order chi connectivity index (χ1) is 9.86. The number of aromatic nitrogens is 2. The van der Waals surface area contributed by atoms with Gasteiger partial charge in [0.1, 0.15) is 16.5 Å². The van der Waals surface area contributed by atoms with Crippen LogP contribution in [0, 0.1) is 17.8 Å². The Balaban J connectivity index is 2.18. The summed E-state index contributed by atoms with van der Waals surface area (Å²) in [4.78, 5) is 9.00. The Labute approximate surface area is 137 Å². The SMILES string of the molecule is CC1CCC(C(C)C)C(Oc2cc(Br)nc(C(C)C)n2)C1. The third kappa shape index (κ3) is 4.41. The van der Waals surface area contributed by atoms with E-state index in [1.807, 2.05) is 6.07 Å². The van der Waals surface area contributed by atoms with Crippen molar-refractivity contribution in [3.8, 4) is 5.88 Å². The largest absolute Gasteiger partial charge is 0.474 e. The predicted molar refractivity (Wildman–Crippen MR) is 89.6 cm³/mol. The molecule has 1 aromatic heterocycles. The van der Waals surface area contributed by atoms with Crippen molar-refractivity contribution in [1.82, 2.24) is 9.97 Å². The maximum Gasteiger partial charge on any atom is 0.218 e. The van der Waals surface area contributed by atoms with E-state index in [0.29, 0.717) is 23.6 Å². The average molecular weight is 355 g/mol. The van der Waals surface area contributed by atoms with Gasteiger partial charge in [0.15, 0.2) is 0 Å². The lowest BCUT2D eigenvalue weighted by Crippen LogP contribution is -2.36. The normalized spacial score (nSPS) is 26.4. The molecule has 1 fully saturated rings. The molecule has 0 saturated heterocycles. The fourth-order valence-corrected chi connectivity index (χ4v) is 3.52. The molecule has 0 N–H and O–H groups in total. The van der Waals surface area contributed by atoms with Crippen molar-refractivity contribution >= 4 is 15.9 Å². The Bertz CT molecular complexity index is 476. The fraction of sp³-hybridized carbons (Fsp3) is 0.765. The molecule has 1 saturated carbocycles. The van der Waals surface area contributed by atoms with Gasteiger partial charge in [0.2, 0.25) is 5.88 Å². The van der Waals surface area contributed by atoms with E-state index in [4.69, 9.17) is 4.74 Å². The van der Waals surface area contributed by atoms with Crippen LogP contribution >= 0.6 is 15.9 Å². The molecule has 1 aliphatic carbocycles. The molecular weight excluding hydrogens is 328 g/mol. The molecule has 21 heavy (non-hydrogen) atoms. The zero-order valence-corrected chi connectivity index (χ0v) is 15.4. The van der Waals surface area contributed by atoms with Gasteiger partial charge in [-0.3, -0.25) is 0 Å². The minimum atomic E-state index is 0.274. The Morgan fingerprint density at radius 3 is 2.52 bits per heavy atom. The Kier molecular flexibility index (Phi) is 5.64. The summed E-state index contributed by atoms with van der Waals surface area (Å²) in [5.41, 5.74) is 0. The topological polar surface area (TPSA) is 35.0 Å². The van der Waals surface area contributed by atoms with Gasteiger partial charge in [0.25, 0.3) is 0 Å². The van der Waals surface area contributed by atoms with Crippen molar-refractivity contribution in [1.29, 1.82) is 0 Å². The number of rotatable bonds is 4. The highest BCUT2D eigenvalue weighted by Gasteiger charge is 2.32. The molecule has 0 aliphatic heterocycles. The van der Waals surface area contributed by atoms with E-state index in [2.05, 4.69) is 60.5 Å². The van der Waals surface area contributed by atoms with Crippen LogP contribution in [0.1, 0.15) is 65.6 Å². The highest BCUT2D eigenvalue weighted by molar-refractivity contribution is 9.10. The minimum Gasteiger partial charge on any atom is -0.474 e. The number of ether oxygens (including phenoxy) is 1. The summed E-state index contributed by atoms with van der Waals surface area (Å²) < 4.78 is 7.10. The molecule has 4 heteroatoms. The van der Waals surface area contributed by atoms with E-state index >= 15 is 0 Å². The first-order valence-corrected chi connectivity index (χ1v) is 8.87. The molecule has 0 radical (unpaired) electrons. The van der Waals surface area contributed by atoms with E-state index in [0.717, 1.165) is 22.8 Å². The lowest BCUT2D eigenvalue weighted by molar-refractivity contribution is 0.0422. The molecule has 118 valence electrons. The molecule has 3 atom stereocenters. The molecule has 1 aromatic rings. The molecule has 1 aliphatic rings. The van der Waals surface area contributed by atoms with E-state index in [1.54, 1.807) is 0 Å². The van der Waals surface area contributed by atoms with E-state index in [-0.39, 0.29) is 6.10 Å². The van der Waals surface area contributed by atoms with Crippen molar-refractivity contribution in [3.63, 3.8) is 0 Å². The lowest BCUT2D eigenvalue weighted by Gasteiger charge is -2.37. The van der Waals surface area contributed by atoms with Crippen molar-refractivity contribution < 1.29 is 4.74 Å². The van der Waals surface area contributed by atoms with Gasteiger partial charge in [0.05, 0.1) is 0 Å². The van der Waals surface area contributed by atoms with E-state index in [9.17, 15) is 0 Å². The van der Waals surface area contributed by atoms with Crippen LogP contribution in [-0.4, -0.2) is 16.1 Å². The van der Waals surface area contributed by atoms with Gasteiger partial charge in [-0.25, -0.2) is 4.98 Å². The standard InChI is InChI=1S/C17H27BrN2O/c1-10(2)13-7-6-12(5)8-14(13)21-16-9-15(18)19-17(20-16)11(3)4/h9-14H,6-8H2,1-5H3. The molecule has 3 nitrogen and oxygen atoms in total. The molecule has 3 unspecified atom stereocenters. The van der Waals surface area contributed by atoms with Crippen molar-refractivity contribution in [3.05, 3.63) is 16.5 Å². The summed E-state index contributed by atoms with van der Waals surface area (Å²) >= 11 is 3.47. The molecule has 2 rings (SSSR count). The molecule has 1 heterocycles. The molecular formula is C17H27BrN2O. The summed E-state index contributed by atoms with van der Waals surface area (Å²) in [5, 5.41) is 0. The van der Waals surface area contributed by atoms with Gasteiger partial charge in [-0.1, -0.05) is 41.0 Å². The average Bonchev–Trinajstić information content (AvgIpc) is 2.37. The third-order valence-electron chi connectivity index (χ3n) is 4.44. The quantitative estimate of drug-likeness (QED) is 0.696. The summed E-state index contributed by atoms with van der Waals surface area (Å²) in [6.07, 6.45) is 3.97. The molecule has 0 amide bonds. The number of nitrogens with zero attached hydrogens (tertiary/aromatic N) is 2. The first kappa shape index (κ1) is 16.7. The number of halogens is 1. The van der Waals surface area contributed by atoms with Gasteiger partial charge >= 0.3 is 0 Å². The maximum absolute atomic E-state index is 6.29.